The molecule has 0 aliphatic heterocycles. The molecule has 0 saturated heterocycles. The number of nitrogen functional groups attached to an aromatic ring is 1. The summed E-state index contributed by atoms with van der Waals surface area (Å²) in [6, 6.07) is 5.36. The summed E-state index contributed by atoms with van der Waals surface area (Å²) in [6.07, 6.45) is 0. The van der Waals surface area contributed by atoms with Crippen molar-refractivity contribution >= 4 is 27.5 Å². The highest BCUT2D eigenvalue weighted by atomic mass is 79.9. The standard InChI is InChI=1S/C12H13BrN4O/c1-6-11(14)7(2)17(16-6)9-5-3-4-8(13)10(9)12(15)18/h3-5H,14H2,1-2H3,(H2,15,18). The minimum Gasteiger partial charge on any atom is -0.396 e. The Morgan fingerprint density at radius 1 is 1.39 bits per heavy atom. The number of nitrogens with two attached hydrogens (primary N) is 2. The van der Waals surface area contributed by atoms with Crippen LogP contribution in [0.5, 0.6) is 0 Å². The third-order valence-corrected chi connectivity index (χ3v) is 3.47. The molecule has 0 spiro atoms. The number of aromatic nitrogens is 2. The minimum absolute atomic E-state index is 0.392. The number of hydrogen-bond acceptors (Lipinski definition) is 3. The van der Waals surface area contributed by atoms with Crippen LogP contribution >= 0.6 is 15.9 Å². The van der Waals surface area contributed by atoms with E-state index in [0.29, 0.717) is 21.4 Å². The van der Waals surface area contributed by atoms with E-state index in [-0.39, 0.29) is 0 Å². The molecule has 0 aliphatic rings. The summed E-state index contributed by atoms with van der Waals surface area (Å²) >= 11 is 3.32. The van der Waals surface area contributed by atoms with Crippen LogP contribution in [0.1, 0.15) is 21.7 Å². The van der Waals surface area contributed by atoms with Gasteiger partial charge in [0.1, 0.15) is 0 Å². The van der Waals surface area contributed by atoms with Gasteiger partial charge in [-0.05, 0) is 41.9 Å². The SMILES string of the molecule is Cc1nn(-c2cccc(Br)c2C(N)=O)c(C)c1N. The van der Waals surface area contributed by atoms with E-state index in [1.165, 1.54) is 0 Å². The van der Waals surface area contributed by atoms with Crippen LogP contribution in [0.4, 0.5) is 5.69 Å². The Kier molecular flexibility index (Phi) is 3.13. The zero-order chi connectivity index (χ0) is 13.4. The number of aryl methyl sites for hydroxylation is 1. The fourth-order valence-corrected chi connectivity index (χ4v) is 2.37. The second-order valence-corrected chi connectivity index (χ2v) is 4.85. The number of carbonyl (C=O) groups excluding carboxylic acids is 1. The zero-order valence-electron chi connectivity index (χ0n) is 10.1. The molecule has 2 aromatic rings. The molecule has 1 amide bonds. The normalized spacial score (nSPS) is 10.6. The molecule has 1 aromatic carbocycles. The average molecular weight is 309 g/mol. The van der Waals surface area contributed by atoms with E-state index in [0.717, 1.165) is 11.4 Å². The van der Waals surface area contributed by atoms with Crippen LogP contribution in [-0.2, 0) is 0 Å². The molecule has 4 N–H and O–H groups in total. The summed E-state index contributed by atoms with van der Waals surface area (Å²) in [5, 5.41) is 4.33. The van der Waals surface area contributed by atoms with E-state index >= 15 is 0 Å². The lowest BCUT2D eigenvalue weighted by atomic mass is 10.1. The monoisotopic (exact) mass is 308 g/mol. The fraction of sp³-hybridized carbons (Fsp3) is 0.167. The second kappa shape index (κ2) is 4.45. The lowest BCUT2D eigenvalue weighted by Crippen LogP contribution is -2.16. The molecule has 1 heterocycles. The van der Waals surface area contributed by atoms with Gasteiger partial charge in [0.05, 0.1) is 28.3 Å². The van der Waals surface area contributed by atoms with Crippen molar-refractivity contribution in [2.24, 2.45) is 5.73 Å². The Bertz CT molecular complexity index is 633. The lowest BCUT2D eigenvalue weighted by Gasteiger charge is -2.10. The number of halogens is 1. The minimum atomic E-state index is -0.511. The van der Waals surface area contributed by atoms with Crippen molar-refractivity contribution in [3.63, 3.8) is 0 Å². The van der Waals surface area contributed by atoms with Gasteiger partial charge in [0, 0.05) is 4.47 Å². The van der Waals surface area contributed by atoms with Crippen LogP contribution in [0.25, 0.3) is 5.69 Å². The molecule has 2 rings (SSSR count). The van der Waals surface area contributed by atoms with E-state index < -0.39 is 5.91 Å². The van der Waals surface area contributed by atoms with Crippen LogP contribution in [0.15, 0.2) is 22.7 Å². The molecule has 0 bridgehead atoms. The molecule has 0 radical (unpaired) electrons. The van der Waals surface area contributed by atoms with Crippen molar-refractivity contribution in [2.75, 3.05) is 5.73 Å². The van der Waals surface area contributed by atoms with Gasteiger partial charge in [-0.1, -0.05) is 6.07 Å². The maximum absolute atomic E-state index is 11.5. The number of anilines is 1. The Morgan fingerprint density at radius 3 is 2.56 bits per heavy atom. The zero-order valence-corrected chi connectivity index (χ0v) is 11.7. The summed E-state index contributed by atoms with van der Waals surface area (Å²) in [5.41, 5.74) is 14.4. The summed E-state index contributed by atoms with van der Waals surface area (Å²) < 4.78 is 2.27. The van der Waals surface area contributed by atoms with E-state index in [2.05, 4.69) is 21.0 Å². The first-order valence-electron chi connectivity index (χ1n) is 5.34. The van der Waals surface area contributed by atoms with Gasteiger partial charge >= 0.3 is 0 Å². The lowest BCUT2D eigenvalue weighted by molar-refractivity contribution is 0.0999. The Balaban J connectivity index is 2.75. The van der Waals surface area contributed by atoms with Gasteiger partial charge in [-0.2, -0.15) is 5.10 Å². The van der Waals surface area contributed by atoms with Crippen molar-refractivity contribution in [1.29, 1.82) is 0 Å². The summed E-state index contributed by atoms with van der Waals surface area (Å²) in [4.78, 5) is 11.5. The predicted octanol–water partition coefficient (Wildman–Crippen LogP) is 1.93. The average Bonchev–Trinajstić information content (AvgIpc) is 2.56. The molecule has 6 heteroatoms. The molecular formula is C12H13BrN4O. The van der Waals surface area contributed by atoms with Gasteiger partial charge < -0.3 is 11.5 Å². The summed E-state index contributed by atoms with van der Waals surface area (Å²) in [6.45, 7) is 3.67. The first kappa shape index (κ1) is 12.6. The quantitative estimate of drug-likeness (QED) is 0.888. The smallest absolute Gasteiger partial charge is 0.252 e. The van der Waals surface area contributed by atoms with Crippen LogP contribution in [0.2, 0.25) is 0 Å². The molecule has 0 unspecified atom stereocenters. The molecule has 0 fully saturated rings. The van der Waals surface area contributed by atoms with E-state index in [4.69, 9.17) is 11.5 Å². The first-order chi connectivity index (χ1) is 8.43. The maximum atomic E-state index is 11.5. The van der Waals surface area contributed by atoms with Crippen molar-refractivity contribution in [1.82, 2.24) is 9.78 Å². The van der Waals surface area contributed by atoms with Gasteiger partial charge in [-0.25, -0.2) is 4.68 Å². The number of benzene rings is 1. The van der Waals surface area contributed by atoms with Crippen molar-refractivity contribution in [2.45, 2.75) is 13.8 Å². The number of nitrogens with zero attached hydrogens (tertiary/aromatic N) is 2. The largest absolute Gasteiger partial charge is 0.396 e. The molecule has 18 heavy (non-hydrogen) atoms. The highest BCUT2D eigenvalue weighted by molar-refractivity contribution is 9.10. The fourth-order valence-electron chi connectivity index (χ4n) is 1.82. The topological polar surface area (TPSA) is 86.9 Å². The number of carbonyl (C=O) groups is 1. The highest BCUT2D eigenvalue weighted by Crippen LogP contribution is 2.26. The van der Waals surface area contributed by atoms with E-state index in [9.17, 15) is 4.79 Å². The van der Waals surface area contributed by atoms with Crippen LogP contribution in [0.3, 0.4) is 0 Å². The molecule has 0 aliphatic carbocycles. The maximum Gasteiger partial charge on any atom is 0.252 e. The first-order valence-corrected chi connectivity index (χ1v) is 6.13. The molecule has 0 saturated carbocycles. The number of amides is 1. The van der Waals surface area contributed by atoms with Gasteiger partial charge in [-0.15, -0.1) is 0 Å². The number of primary amides is 1. The summed E-state index contributed by atoms with van der Waals surface area (Å²) in [5.74, 6) is -0.511. The molecule has 1 aromatic heterocycles. The Hall–Kier alpha value is -1.82. The summed E-state index contributed by atoms with van der Waals surface area (Å²) in [7, 11) is 0. The molecule has 5 nitrogen and oxygen atoms in total. The highest BCUT2D eigenvalue weighted by Gasteiger charge is 2.17. The molecule has 0 atom stereocenters. The third kappa shape index (κ3) is 1.88. The number of hydrogen-bond donors (Lipinski definition) is 2. The second-order valence-electron chi connectivity index (χ2n) is 3.99. The number of rotatable bonds is 2. The molecular weight excluding hydrogens is 296 g/mol. The van der Waals surface area contributed by atoms with Crippen LogP contribution in [0, 0.1) is 13.8 Å². The predicted molar refractivity (Wildman–Crippen MR) is 73.7 cm³/mol. The van der Waals surface area contributed by atoms with Gasteiger partial charge in [0.2, 0.25) is 0 Å². The van der Waals surface area contributed by atoms with Gasteiger partial charge in [-0.3, -0.25) is 4.79 Å². The molecule has 94 valence electrons. The van der Waals surface area contributed by atoms with Crippen molar-refractivity contribution in [3.05, 3.63) is 39.6 Å². The van der Waals surface area contributed by atoms with Gasteiger partial charge in [0.15, 0.2) is 0 Å². The van der Waals surface area contributed by atoms with E-state index in [1.807, 2.05) is 19.9 Å². The van der Waals surface area contributed by atoms with Crippen molar-refractivity contribution < 1.29 is 4.79 Å². The van der Waals surface area contributed by atoms with Crippen LogP contribution < -0.4 is 11.5 Å². The van der Waals surface area contributed by atoms with Gasteiger partial charge in [0.25, 0.3) is 5.91 Å². The Morgan fingerprint density at radius 2 is 2.06 bits per heavy atom. The van der Waals surface area contributed by atoms with Crippen LogP contribution in [-0.4, -0.2) is 15.7 Å². The Labute approximate surface area is 113 Å². The van der Waals surface area contributed by atoms with Crippen molar-refractivity contribution in [3.8, 4) is 5.69 Å². The van der Waals surface area contributed by atoms with E-state index in [1.54, 1.807) is 16.8 Å². The third-order valence-electron chi connectivity index (χ3n) is 2.81.